The van der Waals surface area contributed by atoms with E-state index in [4.69, 9.17) is 11.6 Å². The van der Waals surface area contributed by atoms with E-state index >= 15 is 0 Å². The number of rotatable bonds is 3. The van der Waals surface area contributed by atoms with Crippen molar-refractivity contribution in [3.63, 3.8) is 0 Å². The molecule has 0 bridgehead atoms. The van der Waals surface area contributed by atoms with Crippen LogP contribution in [0, 0.1) is 5.82 Å². The average molecular weight is 465 g/mol. The minimum absolute atomic E-state index is 0.0612. The summed E-state index contributed by atoms with van der Waals surface area (Å²) in [5.74, 6) is -0.564. The van der Waals surface area contributed by atoms with Crippen LogP contribution in [0.2, 0.25) is 5.02 Å². The summed E-state index contributed by atoms with van der Waals surface area (Å²) in [6.07, 6.45) is -2.16. The first-order valence-corrected chi connectivity index (χ1v) is 10.0. The third kappa shape index (κ3) is 4.12. The highest BCUT2D eigenvalue weighted by Gasteiger charge is 2.35. The van der Waals surface area contributed by atoms with Gasteiger partial charge in [-0.3, -0.25) is 4.79 Å². The number of halogens is 5. The Morgan fingerprint density at radius 3 is 2.44 bits per heavy atom. The number of anilines is 1. The molecule has 0 unspecified atom stereocenters. The largest absolute Gasteiger partial charge is 0.417 e. The molecule has 10 heteroatoms. The minimum Gasteiger partial charge on any atom is -0.352 e. The van der Waals surface area contributed by atoms with Gasteiger partial charge in [-0.05, 0) is 35.9 Å². The summed E-state index contributed by atoms with van der Waals surface area (Å²) in [5.41, 5.74) is -0.854. The van der Waals surface area contributed by atoms with E-state index in [1.54, 1.807) is 4.90 Å². The van der Waals surface area contributed by atoms with E-state index in [1.807, 2.05) is 4.90 Å². The summed E-state index contributed by atoms with van der Waals surface area (Å²) < 4.78 is 54.0. The lowest BCUT2D eigenvalue weighted by Crippen LogP contribution is -2.48. The van der Waals surface area contributed by atoms with Crippen molar-refractivity contribution in [2.45, 2.75) is 6.18 Å². The van der Waals surface area contributed by atoms with Crippen molar-refractivity contribution >= 4 is 34.2 Å². The van der Waals surface area contributed by atoms with Crippen LogP contribution in [0.25, 0.3) is 22.0 Å². The minimum atomic E-state index is -4.75. The fraction of sp³-hybridized carbons (Fsp3) is 0.227. The zero-order valence-corrected chi connectivity index (χ0v) is 17.4. The number of amides is 1. The molecule has 1 amide bonds. The zero-order chi connectivity index (χ0) is 23.0. The average Bonchev–Trinajstić information content (AvgIpc) is 2.77. The van der Waals surface area contributed by atoms with Gasteiger partial charge in [-0.25, -0.2) is 14.4 Å². The Morgan fingerprint density at radius 2 is 1.78 bits per heavy atom. The molecule has 0 atom stereocenters. The molecule has 2 aromatic carbocycles. The van der Waals surface area contributed by atoms with Gasteiger partial charge in [0.2, 0.25) is 5.91 Å². The number of hydrogen-bond donors (Lipinski definition) is 0. The van der Waals surface area contributed by atoms with Crippen LogP contribution in [0.15, 0.2) is 49.3 Å². The van der Waals surface area contributed by atoms with Crippen LogP contribution in [0.1, 0.15) is 5.56 Å². The second-order valence-electron chi connectivity index (χ2n) is 7.25. The summed E-state index contributed by atoms with van der Waals surface area (Å²) >= 11 is 6.39. The first-order chi connectivity index (χ1) is 15.2. The van der Waals surface area contributed by atoms with Gasteiger partial charge in [0.1, 0.15) is 18.0 Å². The maximum absolute atomic E-state index is 13.5. The van der Waals surface area contributed by atoms with E-state index in [0.29, 0.717) is 49.0 Å². The van der Waals surface area contributed by atoms with Gasteiger partial charge in [0.15, 0.2) is 0 Å². The summed E-state index contributed by atoms with van der Waals surface area (Å²) in [4.78, 5) is 24.0. The first kappa shape index (κ1) is 22.0. The molecule has 5 nitrogen and oxygen atoms in total. The van der Waals surface area contributed by atoms with Crippen LogP contribution in [0.3, 0.4) is 0 Å². The van der Waals surface area contributed by atoms with E-state index in [9.17, 15) is 22.4 Å². The third-order valence-electron chi connectivity index (χ3n) is 5.35. The van der Waals surface area contributed by atoms with Crippen molar-refractivity contribution in [2.75, 3.05) is 31.1 Å². The molecule has 1 aromatic heterocycles. The molecule has 4 rings (SSSR count). The summed E-state index contributed by atoms with van der Waals surface area (Å²) in [6, 6.07) is 5.43. The number of carbonyl (C=O) groups excluding carboxylic acids is 1. The number of hydrogen-bond acceptors (Lipinski definition) is 4. The second-order valence-corrected chi connectivity index (χ2v) is 7.66. The number of benzene rings is 2. The first-order valence-electron chi connectivity index (χ1n) is 9.66. The van der Waals surface area contributed by atoms with Crippen LogP contribution >= 0.6 is 11.6 Å². The summed E-state index contributed by atoms with van der Waals surface area (Å²) in [7, 11) is 0. The molecule has 0 radical (unpaired) electrons. The number of piperazine rings is 1. The maximum Gasteiger partial charge on any atom is 0.417 e. The Kier molecular flexibility index (Phi) is 5.77. The van der Waals surface area contributed by atoms with Crippen molar-refractivity contribution in [3.05, 3.63) is 65.7 Å². The van der Waals surface area contributed by atoms with Gasteiger partial charge in [-0.15, -0.1) is 0 Å². The standard InChI is InChI=1S/C22H17ClF4N4O/c1-2-20(32)30-5-7-31(8-6-30)21-16-10-18(23)15(11-19(16)28-12-29-21)14-4-3-13(24)9-17(14)22(25,26)27/h2-4,9-12H,1,5-8H2. The Labute approximate surface area is 185 Å². The van der Waals surface area contributed by atoms with Gasteiger partial charge in [0.05, 0.1) is 11.1 Å². The molecule has 0 saturated carbocycles. The maximum atomic E-state index is 13.5. The van der Waals surface area contributed by atoms with Gasteiger partial charge < -0.3 is 9.80 Å². The van der Waals surface area contributed by atoms with Crippen LogP contribution in [-0.4, -0.2) is 47.0 Å². The Morgan fingerprint density at radius 1 is 1.06 bits per heavy atom. The van der Waals surface area contributed by atoms with Gasteiger partial charge in [-0.2, -0.15) is 13.2 Å². The molecular formula is C22H17ClF4N4O. The van der Waals surface area contributed by atoms with Crippen LogP contribution in [0.5, 0.6) is 0 Å². The van der Waals surface area contributed by atoms with Crippen LogP contribution in [0.4, 0.5) is 23.4 Å². The van der Waals surface area contributed by atoms with E-state index in [-0.39, 0.29) is 22.1 Å². The molecule has 0 N–H and O–H groups in total. The lowest BCUT2D eigenvalue weighted by Gasteiger charge is -2.35. The number of fused-ring (bicyclic) bond motifs is 1. The van der Waals surface area contributed by atoms with E-state index in [2.05, 4.69) is 16.5 Å². The molecule has 3 aromatic rings. The highest BCUT2D eigenvalue weighted by molar-refractivity contribution is 6.34. The van der Waals surface area contributed by atoms with E-state index in [1.165, 1.54) is 24.5 Å². The zero-order valence-electron chi connectivity index (χ0n) is 16.7. The van der Waals surface area contributed by atoms with Crippen LogP contribution < -0.4 is 4.90 Å². The predicted molar refractivity (Wildman–Crippen MR) is 114 cm³/mol. The highest BCUT2D eigenvalue weighted by atomic mass is 35.5. The Hall–Kier alpha value is -3.20. The number of aromatic nitrogens is 2. The van der Waals surface area contributed by atoms with Crippen molar-refractivity contribution in [2.24, 2.45) is 0 Å². The van der Waals surface area contributed by atoms with Crippen LogP contribution in [-0.2, 0) is 11.0 Å². The molecule has 1 fully saturated rings. The van der Waals surface area contributed by atoms with Crippen molar-refractivity contribution < 1.29 is 22.4 Å². The van der Waals surface area contributed by atoms with E-state index < -0.39 is 17.6 Å². The molecule has 1 aliphatic rings. The molecule has 166 valence electrons. The van der Waals surface area contributed by atoms with Gasteiger partial charge in [0.25, 0.3) is 0 Å². The van der Waals surface area contributed by atoms with Crippen molar-refractivity contribution in [3.8, 4) is 11.1 Å². The van der Waals surface area contributed by atoms with Gasteiger partial charge in [-0.1, -0.05) is 24.2 Å². The molecule has 32 heavy (non-hydrogen) atoms. The normalized spacial score (nSPS) is 14.7. The monoisotopic (exact) mass is 464 g/mol. The Balaban J connectivity index is 1.75. The molecule has 0 spiro atoms. The summed E-state index contributed by atoms with van der Waals surface area (Å²) in [6.45, 7) is 5.48. The molecule has 1 aliphatic heterocycles. The summed E-state index contributed by atoms with van der Waals surface area (Å²) in [5, 5.41) is 0.631. The number of carbonyl (C=O) groups is 1. The Bertz CT molecular complexity index is 1210. The lowest BCUT2D eigenvalue weighted by molar-refractivity contribution is -0.137. The third-order valence-corrected chi connectivity index (χ3v) is 5.66. The topological polar surface area (TPSA) is 49.3 Å². The molecular weight excluding hydrogens is 448 g/mol. The second kappa shape index (κ2) is 8.38. The smallest absolute Gasteiger partial charge is 0.352 e. The van der Waals surface area contributed by atoms with Gasteiger partial charge >= 0.3 is 6.18 Å². The van der Waals surface area contributed by atoms with Gasteiger partial charge in [0, 0.05) is 42.2 Å². The molecule has 1 saturated heterocycles. The fourth-order valence-electron chi connectivity index (χ4n) is 3.78. The predicted octanol–water partition coefficient (Wildman–Crippen LogP) is 4.94. The molecule has 0 aliphatic carbocycles. The number of alkyl halides is 3. The number of nitrogens with zero attached hydrogens (tertiary/aromatic N) is 4. The lowest BCUT2D eigenvalue weighted by atomic mass is 9.97. The quantitative estimate of drug-likeness (QED) is 0.407. The SMILES string of the molecule is C=CC(=O)N1CCN(c2ncnc3cc(-c4ccc(F)cc4C(F)(F)F)c(Cl)cc23)CC1. The van der Waals surface area contributed by atoms with Crippen molar-refractivity contribution in [1.82, 2.24) is 14.9 Å². The fourth-order valence-corrected chi connectivity index (χ4v) is 4.04. The molecule has 2 heterocycles. The highest BCUT2D eigenvalue weighted by Crippen LogP contribution is 2.41. The van der Waals surface area contributed by atoms with Crippen molar-refractivity contribution in [1.29, 1.82) is 0 Å². The van der Waals surface area contributed by atoms with E-state index in [0.717, 1.165) is 12.1 Å².